The monoisotopic (exact) mass is 343 g/mol. The lowest BCUT2D eigenvalue weighted by molar-refractivity contribution is 0.0509. The first-order chi connectivity index (χ1) is 12.1. The summed E-state index contributed by atoms with van der Waals surface area (Å²) in [6.07, 6.45) is 3.59. The SMILES string of the molecule is C[C@H](NC(=O)N1CC[C@@H]2[C@@H](CCCN2C)C1)[C@H]1COc2ccccc21. The van der Waals surface area contributed by atoms with Crippen molar-refractivity contribution in [1.82, 2.24) is 15.1 Å². The topological polar surface area (TPSA) is 44.8 Å². The average molecular weight is 343 g/mol. The van der Waals surface area contributed by atoms with Crippen molar-refractivity contribution in [2.45, 2.75) is 44.2 Å². The fraction of sp³-hybridized carbons (Fsp3) is 0.650. The van der Waals surface area contributed by atoms with Crippen molar-refractivity contribution >= 4 is 6.03 Å². The number of carbonyl (C=O) groups is 1. The smallest absolute Gasteiger partial charge is 0.317 e. The lowest BCUT2D eigenvalue weighted by atomic mass is 9.84. The number of para-hydroxylation sites is 1. The van der Waals surface area contributed by atoms with Crippen LogP contribution in [0, 0.1) is 5.92 Å². The zero-order valence-corrected chi connectivity index (χ0v) is 15.3. The molecule has 4 rings (SSSR count). The highest BCUT2D eigenvalue weighted by Crippen LogP contribution is 2.35. The van der Waals surface area contributed by atoms with Crippen LogP contribution in [-0.2, 0) is 0 Å². The highest BCUT2D eigenvalue weighted by molar-refractivity contribution is 5.75. The van der Waals surface area contributed by atoms with Gasteiger partial charge in [-0.1, -0.05) is 18.2 Å². The minimum Gasteiger partial charge on any atom is -0.493 e. The Bertz CT molecular complexity index is 635. The van der Waals surface area contributed by atoms with Crippen LogP contribution < -0.4 is 10.1 Å². The van der Waals surface area contributed by atoms with Gasteiger partial charge in [0.05, 0.1) is 6.61 Å². The molecule has 0 saturated carbocycles. The molecule has 2 amide bonds. The highest BCUT2D eigenvalue weighted by atomic mass is 16.5. The van der Waals surface area contributed by atoms with Crippen LogP contribution in [0.25, 0.3) is 0 Å². The predicted octanol–water partition coefficient (Wildman–Crippen LogP) is 2.68. The molecule has 136 valence electrons. The molecule has 0 unspecified atom stereocenters. The molecule has 2 saturated heterocycles. The predicted molar refractivity (Wildman–Crippen MR) is 98.0 cm³/mol. The van der Waals surface area contributed by atoms with E-state index in [2.05, 4.69) is 30.3 Å². The van der Waals surface area contributed by atoms with Gasteiger partial charge in [0.25, 0.3) is 0 Å². The number of hydrogen-bond donors (Lipinski definition) is 1. The molecule has 4 atom stereocenters. The number of hydrogen-bond acceptors (Lipinski definition) is 3. The van der Waals surface area contributed by atoms with E-state index in [1.165, 1.54) is 24.9 Å². The number of carbonyl (C=O) groups excluding carboxylic acids is 1. The molecular weight excluding hydrogens is 314 g/mol. The van der Waals surface area contributed by atoms with Gasteiger partial charge in [-0.05, 0) is 51.8 Å². The molecule has 1 N–H and O–H groups in total. The van der Waals surface area contributed by atoms with Gasteiger partial charge in [0.2, 0.25) is 0 Å². The molecule has 3 aliphatic rings. The molecule has 1 aromatic rings. The van der Waals surface area contributed by atoms with Gasteiger partial charge in [0, 0.05) is 36.7 Å². The van der Waals surface area contributed by atoms with Crippen LogP contribution in [0.4, 0.5) is 4.79 Å². The molecule has 25 heavy (non-hydrogen) atoms. The maximum atomic E-state index is 12.8. The van der Waals surface area contributed by atoms with E-state index in [4.69, 9.17) is 4.74 Å². The second-order valence-corrected chi connectivity index (χ2v) is 7.88. The van der Waals surface area contributed by atoms with Gasteiger partial charge in [-0.25, -0.2) is 4.79 Å². The minimum atomic E-state index is 0.0721. The number of benzene rings is 1. The average Bonchev–Trinajstić information content (AvgIpc) is 3.06. The van der Waals surface area contributed by atoms with Crippen LogP contribution in [0.3, 0.4) is 0 Å². The van der Waals surface area contributed by atoms with Gasteiger partial charge in [0.15, 0.2) is 0 Å². The van der Waals surface area contributed by atoms with E-state index >= 15 is 0 Å². The molecule has 0 bridgehead atoms. The number of rotatable bonds is 2. The lowest BCUT2D eigenvalue weighted by Gasteiger charge is -2.46. The Morgan fingerprint density at radius 3 is 3.00 bits per heavy atom. The summed E-state index contributed by atoms with van der Waals surface area (Å²) >= 11 is 0. The first-order valence-electron chi connectivity index (χ1n) is 9.61. The molecule has 3 aliphatic heterocycles. The Kier molecular flexibility index (Phi) is 4.59. The Morgan fingerprint density at radius 1 is 1.28 bits per heavy atom. The summed E-state index contributed by atoms with van der Waals surface area (Å²) < 4.78 is 5.77. The quantitative estimate of drug-likeness (QED) is 0.898. The van der Waals surface area contributed by atoms with Gasteiger partial charge in [-0.2, -0.15) is 0 Å². The van der Waals surface area contributed by atoms with Crippen molar-refractivity contribution in [3.8, 4) is 5.75 Å². The van der Waals surface area contributed by atoms with Crippen molar-refractivity contribution in [3.63, 3.8) is 0 Å². The Morgan fingerprint density at radius 2 is 2.12 bits per heavy atom. The van der Waals surface area contributed by atoms with E-state index in [9.17, 15) is 4.79 Å². The molecule has 0 radical (unpaired) electrons. The van der Waals surface area contributed by atoms with Gasteiger partial charge in [0.1, 0.15) is 5.75 Å². The summed E-state index contributed by atoms with van der Waals surface area (Å²) in [6.45, 7) is 5.70. The summed E-state index contributed by atoms with van der Waals surface area (Å²) in [7, 11) is 2.23. The van der Waals surface area contributed by atoms with Gasteiger partial charge in [-0.3, -0.25) is 0 Å². The molecule has 0 spiro atoms. The molecule has 5 nitrogen and oxygen atoms in total. The van der Waals surface area contributed by atoms with Crippen LogP contribution in [0.15, 0.2) is 24.3 Å². The molecule has 5 heteroatoms. The second kappa shape index (κ2) is 6.87. The van der Waals surface area contributed by atoms with Crippen molar-refractivity contribution in [3.05, 3.63) is 29.8 Å². The standard InChI is InChI=1S/C20H29N3O2/c1-14(17-13-25-19-8-4-3-7-16(17)19)21-20(24)23-11-9-18-15(12-23)6-5-10-22(18)2/h3-4,7-8,14-15,17-18H,5-6,9-13H2,1-2H3,(H,21,24)/t14-,15-,17+,18+/m0/s1. The Hall–Kier alpha value is -1.75. The Labute approximate surface area is 150 Å². The highest BCUT2D eigenvalue weighted by Gasteiger charge is 2.37. The van der Waals surface area contributed by atoms with Crippen molar-refractivity contribution in [2.75, 3.05) is 33.3 Å². The van der Waals surface area contributed by atoms with Crippen LogP contribution in [0.5, 0.6) is 5.75 Å². The van der Waals surface area contributed by atoms with E-state index in [-0.39, 0.29) is 18.0 Å². The van der Waals surface area contributed by atoms with Crippen LogP contribution in [-0.4, -0.2) is 61.2 Å². The summed E-state index contributed by atoms with van der Waals surface area (Å²) in [5, 5.41) is 3.23. The zero-order valence-electron chi connectivity index (χ0n) is 15.3. The number of nitrogens with zero attached hydrogens (tertiary/aromatic N) is 2. The van der Waals surface area contributed by atoms with Gasteiger partial charge < -0.3 is 19.9 Å². The zero-order chi connectivity index (χ0) is 17.4. The molecule has 0 aliphatic carbocycles. The number of amides is 2. The molecular formula is C20H29N3O2. The van der Waals surface area contributed by atoms with Crippen molar-refractivity contribution in [2.24, 2.45) is 5.92 Å². The summed E-state index contributed by atoms with van der Waals surface area (Å²) in [5.41, 5.74) is 1.21. The summed E-state index contributed by atoms with van der Waals surface area (Å²) in [4.78, 5) is 17.3. The number of nitrogens with one attached hydrogen (secondary N) is 1. The van der Waals surface area contributed by atoms with E-state index in [0.29, 0.717) is 18.6 Å². The maximum Gasteiger partial charge on any atom is 0.317 e. The van der Waals surface area contributed by atoms with Gasteiger partial charge >= 0.3 is 6.03 Å². The maximum absolute atomic E-state index is 12.8. The third-order valence-electron chi connectivity index (χ3n) is 6.32. The van der Waals surface area contributed by atoms with Crippen molar-refractivity contribution in [1.29, 1.82) is 0 Å². The van der Waals surface area contributed by atoms with Crippen LogP contribution >= 0.6 is 0 Å². The first-order valence-corrected chi connectivity index (χ1v) is 9.61. The third kappa shape index (κ3) is 3.22. The van der Waals surface area contributed by atoms with E-state index in [1.807, 2.05) is 23.1 Å². The first kappa shape index (κ1) is 16.7. The molecule has 0 aromatic heterocycles. The summed E-state index contributed by atoms with van der Waals surface area (Å²) in [6, 6.07) is 8.97. The Balaban J connectivity index is 1.36. The van der Waals surface area contributed by atoms with E-state index < -0.39 is 0 Å². The third-order valence-corrected chi connectivity index (χ3v) is 6.32. The van der Waals surface area contributed by atoms with Crippen LogP contribution in [0.2, 0.25) is 0 Å². The van der Waals surface area contributed by atoms with E-state index in [1.54, 1.807) is 0 Å². The fourth-order valence-corrected chi connectivity index (χ4v) is 4.82. The fourth-order valence-electron chi connectivity index (χ4n) is 4.82. The number of fused-ring (bicyclic) bond motifs is 2. The molecule has 1 aromatic carbocycles. The lowest BCUT2D eigenvalue weighted by Crippen LogP contribution is -2.56. The number of likely N-dealkylation sites (tertiary alicyclic amines) is 2. The number of piperidine rings is 2. The minimum absolute atomic E-state index is 0.0721. The van der Waals surface area contributed by atoms with Gasteiger partial charge in [-0.15, -0.1) is 0 Å². The molecule has 3 heterocycles. The number of urea groups is 1. The summed E-state index contributed by atoms with van der Waals surface area (Å²) in [5.74, 6) is 1.82. The second-order valence-electron chi connectivity index (χ2n) is 7.88. The largest absolute Gasteiger partial charge is 0.493 e. The number of ether oxygens (including phenoxy) is 1. The van der Waals surface area contributed by atoms with Crippen molar-refractivity contribution < 1.29 is 9.53 Å². The molecule has 2 fully saturated rings. The van der Waals surface area contributed by atoms with Crippen LogP contribution in [0.1, 0.15) is 37.7 Å². The van der Waals surface area contributed by atoms with E-state index in [0.717, 1.165) is 25.3 Å². The normalized spacial score (nSPS) is 30.2.